The lowest BCUT2D eigenvalue weighted by Gasteiger charge is -2.26. The van der Waals surface area contributed by atoms with Gasteiger partial charge in [-0.15, -0.1) is 0 Å². The average molecular weight is 298 g/mol. The zero-order valence-corrected chi connectivity index (χ0v) is 11.8. The van der Waals surface area contributed by atoms with E-state index < -0.39 is 5.91 Å². The van der Waals surface area contributed by atoms with Crippen LogP contribution in [0, 0.1) is 0 Å². The molecule has 0 unspecified atom stereocenters. The Morgan fingerprint density at radius 1 is 1.41 bits per heavy atom. The number of hydrogen-bond acceptors (Lipinski definition) is 4. The van der Waals surface area contributed by atoms with Gasteiger partial charge >= 0.3 is 6.03 Å². The Hall–Kier alpha value is -3.09. The van der Waals surface area contributed by atoms with Crippen molar-refractivity contribution in [3.63, 3.8) is 0 Å². The highest BCUT2D eigenvalue weighted by Gasteiger charge is 2.20. The highest BCUT2D eigenvalue weighted by molar-refractivity contribution is 6.05. The molecule has 3 amide bonds. The quantitative estimate of drug-likeness (QED) is 0.790. The lowest BCUT2D eigenvalue weighted by atomic mass is 10.1. The summed E-state index contributed by atoms with van der Waals surface area (Å²) in [6.07, 6.45) is 1.44. The molecule has 1 aliphatic heterocycles. The molecule has 0 fully saturated rings. The molecule has 0 radical (unpaired) electrons. The van der Waals surface area contributed by atoms with E-state index in [4.69, 9.17) is 0 Å². The molecule has 112 valence electrons. The van der Waals surface area contributed by atoms with Crippen LogP contribution >= 0.6 is 0 Å². The summed E-state index contributed by atoms with van der Waals surface area (Å²) in [6, 6.07) is 7.98. The first-order valence-corrected chi connectivity index (χ1v) is 6.65. The predicted molar refractivity (Wildman–Crippen MR) is 80.8 cm³/mol. The van der Waals surface area contributed by atoms with Gasteiger partial charge in [-0.1, -0.05) is 0 Å². The van der Waals surface area contributed by atoms with Gasteiger partial charge < -0.3 is 20.6 Å². The number of nitrogens with one attached hydrogen (secondary N) is 2. The number of benzene rings is 1. The van der Waals surface area contributed by atoms with E-state index in [9.17, 15) is 14.7 Å². The smallest absolute Gasteiger partial charge is 0.321 e. The van der Waals surface area contributed by atoms with Crippen molar-refractivity contribution < 1.29 is 14.7 Å². The third-order valence-electron chi connectivity index (χ3n) is 3.36. The van der Waals surface area contributed by atoms with Crippen LogP contribution in [0.3, 0.4) is 0 Å². The molecule has 0 bridgehead atoms. The molecular weight excluding hydrogens is 284 g/mol. The fourth-order valence-electron chi connectivity index (χ4n) is 2.22. The van der Waals surface area contributed by atoms with Crippen LogP contribution < -0.4 is 10.6 Å². The van der Waals surface area contributed by atoms with Gasteiger partial charge in [0.25, 0.3) is 5.91 Å². The number of rotatable bonds is 2. The molecule has 7 nitrogen and oxygen atoms in total. The van der Waals surface area contributed by atoms with E-state index in [-0.39, 0.29) is 17.5 Å². The van der Waals surface area contributed by atoms with Crippen LogP contribution in [0.5, 0.6) is 5.75 Å². The topological polar surface area (TPSA) is 94.6 Å². The Labute approximate surface area is 126 Å². The van der Waals surface area contributed by atoms with Gasteiger partial charge in [0.1, 0.15) is 5.75 Å². The number of pyridine rings is 1. The summed E-state index contributed by atoms with van der Waals surface area (Å²) in [4.78, 5) is 29.1. The summed E-state index contributed by atoms with van der Waals surface area (Å²) in [5.41, 5.74) is 2.15. The fourth-order valence-corrected chi connectivity index (χ4v) is 2.22. The van der Waals surface area contributed by atoms with Crippen molar-refractivity contribution in [2.75, 3.05) is 17.7 Å². The van der Waals surface area contributed by atoms with Gasteiger partial charge in [-0.25, -0.2) is 9.78 Å². The van der Waals surface area contributed by atoms with E-state index in [2.05, 4.69) is 15.6 Å². The van der Waals surface area contributed by atoms with Crippen LogP contribution in [0.25, 0.3) is 0 Å². The molecule has 1 aliphatic rings. The Morgan fingerprint density at radius 3 is 3.00 bits per heavy atom. The second-order valence-electron chi connectivity index (χ2n) is 4.98. The molecule has 0 atom stereocenters. The van der Waals surface area contributed by atoms with Crippen LogP contribution in [0.2, 0.25) is 0 Å². The Balaban J connectivity index is 1.82. The van der Waals surface area contributed by atoms with E-state index in [1.165, 1.54) is 12.3 Å². The predicted octanol–water partition coefficient (Wildman–Crippen LogP) is 2.02. The molecule has 2 aromatic rings. The number of fused-ring (bicyclic) bond motifs is 1. The second-order valence-corrected chi connectivity index (χ2v) is 4.98. The van der Waals surface area contributed by atoms with Gasteiger partial charge in [0.15, 0.2) is 5.69 Å². The number of aromatic nitrogens is 1. The SMILES string of the molecule is CN1Cc2cc(NC(=O)c3ncccc3O)ccc2NC1=O. The molecule has 1 aromatic carbocycles. The van der Waals surface area contributed by atoms with E-state index in [0.29, 0.717) is 12.2 Å². The van der Waals surface area contributed by atoms with Gasteiger partial charge in [0.2, 0.25) is 0 Å². The maximum atomic E-state index is 12.1. The number of aromatic hydroxyl groups is 1. The Bertz CT molecular complexity index is 760. The van der Waals surface area contributed by atoms with Gasteiger partial charge in [-0.2, -0.15) is 0 Å². The zero-order valence-electron chi connectivity index (χ0n) is 11.8. The average Bonchev–Trinajstić information content (AvgIpc) is 2.49. The molecule has 0 aliphatic carbocycles. The number of carbonyl (C=O) groups is 2. The maximum absolute atomic E-state index is 12.1. The molecule has 0 saturated carbocycles. The highest BCUT2D eigenvalue weighted by Crippen LogP contribution is 2.26. The van der Waals surface area contributed by atoms with Gasteiger partial charge in [0, 0.05) is 31.2 Å². The first-order chi connectivity index (χ1) is 10.5. The normalized spacial score (nSPS) is 13.3. The third kappa shape index (κ3) is 2.56. The van der Waals surface area contributed by atoms with Crippen LogP contribution in [0.1, 0.15) is 16.1 Å². The summed E-state index contributed by atoms with van der Waals surface area (Å²) in [5, 5.41) is 15.1. The summed E-state index contributed by atoms with van der Waals surface area (Å²) in [7, 11) is 1.69. The van der Waals surface area contributed by atoms with Gasteiger partial charge in [-0.3, -0.25) is 4.79 Å². The van der Waals surface area contributed by atoms with E-state index in [1.807, 2.05) is 0 Å². The van der Waals surface area contributed by atoms with Crippen LogP contribution in [0.4, 0.5) is 16.2 Å². The fraction of sp³-hybridized carbons (Fsp3) is 0.133. The summed E-state index contributed by atoms with van der Waals surface area (Å²) in [5.74, 6) is -0.670. The van der Waals surface area contributed by atoms with Crippen molar-refractivity contribution in [1.29, 1.82) is 0 Å². The molecule has 0 spiro atoms. The lowest BCUT2D eigenvalue weighted by Crippen LogP contribution is -2.35. The molecular formula is C15H14N4O3. The van der Waals surface area contributed by atoms with Crippen LogP contribution in [-0.4, -0.2) is 34.0 Å². The first-order valence-electron chi connectivity index (χ1n) is 6.65. The standard InChI is InChI=1S/C15H14N4O3/c1-19-8-9-7-10(4-5-11(9)18-15(19)22)17-14(21)13-12(20)3-2-6-16-13/h2-7,20H,8H2,1H3,(H,17,21)(H,18,22). The van der Waals surface area contributed by atoms with Crippen LogP contribution in [-0.2, 0) is 6.54 Å². The Morgan fingerprint density at radius 2 is 2.23 bits per heavy atom. The second kappa shape index (κ2) is 5.36. The molecule has 3 N–H and O–H groups in total. The number of anilines is 2. The lowest BCUT2D eigenvalue weighted by molar-refractivity contribution is 0.101. The summed E-state index contributed by atoms with van der Waals surface area (Å²) >= 11 is 0. The first kappa shape index (κ1) is 13.9. The minimum Gasteiger partial charge on any atom is -0.505 e. The van der Waals surface area contributed by atoms with E-state index in [0.717, 1.165) is 11.3 Å². The number of amides is 3. The monoisotopic (exact) mass is 298 g/mol. The van der Waals surface area contributed by atoms with Crippen molar-refractivity contribution in [3.8, 4) is 5.75 Å². The highest BCUT2D eigenvalue weighted by atomic mass is 16.3. The van der Waals surface area contributed by atoms with Crippen LogP contribution in [0.15, 0.2) is 36.5 Å². The van der Waals surface area contributed by atoms with Gasteiger partial charge in [0.05, 0.1) is 0 Å². The largest absolute Gasteiger partial charge is 0.505 e. The third-order valence-corrected chi connectivity index (χ3v) is 3.36. The Kier molecular flexibility index (Phi) is 3.38. The number of carbonyl (C=O) groups excluding carboxylic acids is 2. The summed E-state index contributed by atoms with van der Waals surface area (Å²) < 4.78 is 0. The number of nitrogens with zero attached hydrogens (tertiary/aromatic N) is 2. The minimum atomic E-state index is -0.494. The van der Waals surface area contributed by atoms with E-state index >= 15 is 0 Å². The van der Waals surface area contributed by atoms with E-state index in [1.54, 1.807) is 36.2 Å². The molecule has 2 heterocycles. The van der Waals surface area contributed by atoms with Gasteiger partial charge in [-0.05, 0) is 35.9 Å². The zero-order chi connectivity index (χ0) is 15.7. The van der Waals surface area contributed by atoms with Crippen molar-refractivity contribution in [3.05, 3.63) is 47.8 Å². The minimum absolute atomic E-state index is 0.0364. The van der Waals surface area contributed by atoms with Crippen molar-refractivity contribution in [1.82, 2.24) is 9.88 Å². The van der Waals surface area contributed by atoms with Crippen molar-refractivity contribution in [2.24, 2.45) is 0 Å². The van der Waals surface area contributed by atoms with Crippen molar-refractivity contribution >= 4 is 23.3 Å². The molecule has 1 aromatic heterocycles. The van der Waals surface area contributed by atoms with Crippen molar-refractivity contribution in [2.45, 2.75) is 6.54 Å². The molecule has 22 heavy (non-hydrogen) atoms. The maximum Gasteiger partial charge on any atom is 0.321 e. The number of hydrogen-bond donors (Lipinski definition) is 3. The molecule has 7 heteroatoms. The molecule has 3 rings (SSSR count). The molecule has 0 saturated heterocycles. The summed E-state index contributed by atoms with van der Waals surface area (Å²) in [6.45, 7) is 0.458. The number of urea groups is 1.